The molecule has 2 rings (SSSR count). The number of aromatic nitrogens is 2. The second-order valence-electron chi connectivity index (χ2n) is 5.16. The maximum Gasteiger partial charge on any atom is 0.330 e. The highest BCUT2D eigenvalue weighted by molar-refractivity contribution is 5.40. The van der Waals surface area contributed by atoms with Crippen LogP contribution in [0.5, 0.6) is 0 Å². The fraction of sp³-hybridized carbons (Fsp3) is 0.357. The van der Waals surface area contributed by atoms with Crippen molar-refractivity contribution in [1.82, 2.24) is 9.55 Å². The second-order valence-corrected chi connectivity index (χ2v) is 5.16. The summed E-state index contributed by atoms with van der Waals surface area (Å²) in [6.07, 6.45) is 1.69. The minimum absolute atomic E-state index is 0.0669. The van der Waals surface area contributed by atoms with Crippen LogP contribution in [0.2, 0.25) is 0 Å². The van der Waals surface area contributed by atoms with Gasteiger partial charge in [0.1, 0.15) is 0 Å². The number of rotatable bonds is 3. The quantitative estimate of drug-likeness (QED) is 0.866. The van der Waals surface area contributed by atoms with Crippen LogP contribution in [0.4, 0.5) is 0 Å². The Morgan fingerprint density at radius 2 is 2.11 bits per heavy atom. The smallest absolute Gasteiger partial charge is 0.330 e. The van der Waals surface area contributed by atoms with E-state index >= 15 is 0 Å². The molecule has 0 fully saturated rings. The van der Waals surface area contributed by atoms with Gasteiger partial charge in [0.15, 0.2) is 0 Å². The lowest BCUT2D eigenvalue weighted by Crippen LogP contribution is -2.23. The second kappa shape index (κ2) is 4.46. The summed E-state index contributed by atoms with van der Waals surface area (Å²) in [5.41, 5.74) is 2.22. The molecule has 1 aromatic heterocycles. The van der Waals surface area contributed by atoms with E-state index in [1.807, 2.05) is 45.0 Å². The molecule has 0 aliphatic carbocycles. The Labute approximate surface area is 106 Å². The maximum atomic E-state index is 11.7. The first-order chi connectivity index (χ1) is 8.45. The molecule has 2 aromatic rings. The monoisotopic (exact) mass is 246 g/mol. The van der Waals surface area contributed by atoms with Gasteiger partial charge in [-0.2, -0.15) is 0 Å². The Morgan fingerprint density at radius 1 is 1.39 bits per heavy atom. The van der Waals surface area contributed by atoms with Gasteiger partial charge in [-0.05, 0) is 24.6 Å². The first kappa shape index (κ1) is 12.6. The molecular weight excluding hydrogens is 228 g/mol. The third-order valence-electron chi connectivity index (χ3n) is 3.24. The van der Waals surface area contributed by atoms with Crippen molar-refractivity contribution in [3.05, 3.63) is 52.2 Å². The maximum absolute atomic E-state index is 11.7. The molecule has 1 aromatic carbocycles. The van der Waals surface area contributed by atoms with Crippen molar-refractivity contribution >= 4 is 0 Å². The number of nitrogens with one attached hydrogen (secondary N) is 1. The molecule has 4 nitrogen and oxygen atoms in total. The Morgan fingerprint density at radius 3 is 2.67 bits per heavy atom. The Kier molecular flexibility index (Phi) is 3.13. The number of hydrogen-bond donors (Lipinski definition) is 2. The number of aliphatic hydroxyl groups is 1. The molecule has 0 radical (unpaired) electrons. The van der Waals surface area contributed by atoms with E-state index in [4.69, 9.17) is 0 Å². The minimum Gasteiger partial charge on any atom is -0.395 e. The van der Waals surface area contributed by atoms with Crippen molar-refractivity contribution in [1.29, 1.82) is 0 Å². The molecule has 0 unspecified atom stereocenters. The predicted molar refractivity (Wildman–Crippen MR) is 71.2 cm³/mol. The molecule has 0 aliphatic rings. The predicted octanol–water partition coefficient (Wildman–Crippen LogP) is 1.74. The standard InChI is InChI=1S/C14H18N2O2/c1-10-8-15-13(18)16(10)12-6-4-5-11(7-12)14(2,3)9-17/h4-8,17H,9H2,1-3H3,(H,15,18). The molecular formula is C14H18N2O2. The number of hydrogen-bond acceptors (Lipinski definition) is 2. The summed E-state index contributed by atoms with van der Waals surface area (Å²) in [7, 11) is 0. The van der Waals surface area contributed by atoms with E-state index in [9.17, 15) is 9.90 Å². The number of aryl methyl sites for hydroxylation is 1. The first-order valence-electron chi connectivity index (χ1n) is 5.94. The van der Waals surface area contributed by atoms with Crippen LogP contribution in [0.25, 0.3) is 5.69 Å². The van der Waals surface area contributed by atoms with Crippen LogP contribution < -0.4 is 5.69 Å². The van der Waals surface area contributed by atoms with Gasteiger partial charge in [-0.1, -0.05) is 26.0 Å². The summed E-state index contributed by atoms with van der Waals surface area (Å²) in [5.74, 6) is 0. The lowest BCUT2D eigenvalue weighted by Gasteiger charge is -2.23. The minimum atomic E-state index is -0.316. The van der Waals surface area contributed by atoms with Crippen molar-refractivity contribution in [3.63, 3.8) is 0 Å². The number of H-pyrrole nitrogens is 1. The van der Waals surface area contributed by atoms with Gasteiger partial charge >= 0.3 is 5.69 Å². The lowest BCUT2D eigenvalue weighted by molar-refractivity contribution is 0.218. The zero-order chi connectivity index (χ0) is 13.3. The molecule has 2 N–H and O–H groups in total. The molecule has 0 saturated carbocycles. The summed E-state index contributed by atoms with van der Waals surface area (Å²) < 4.78 is 1.62. The molecule has 0 bridgehead atoms. The summed E-state index contributed by atoms with van der Waals surface area (Å²) in [5, 5.41) is 9.40. The van der Waals surface area contributed by atoms with Gasteiger partial charge in [0.2, 0.25) is 0 Å². The lowest BCUT2D eigenvalue weighted by atomic mass is 9.85. The molecule has 4 heteroatoms. The molecule has 0 saturated heterocycles. The van der Waals surface area contributed by atoms with Gasteiger partial charge in [-0.3, -0.25) is 4.57 Å². The topological polar surface area (TPSA) is 58.0 Å². The Balaban J connectivity index is 2.55. The van der Waals surface area contributed by atoms with Crippen LogP contribution in [-0.2, 0) is 5.41 Å². The van der Waals surface area contributed by atoms with Crippen molar-refractivity contribution in [2.75, 3.05) is 6.61 Å². The fourth-order valence-corrected chi connectivity index (χ4v) is 1.93. The van der Waals surface area contributed by atoms with Crippen molar-refractivity contribution < 1.29 is 5.11 Å². The van der Waals surface area contributed by atoms with Crippen LogP contribution in [-0.4, -0.2) is 21.3 Å². The Bertz CT molecular complexity index is 608. The van der Waals surface area contributed by atoms with E-state index in [0.717, 1.165) is 16.9 Å². The zero-order valence-corrected chi connectivity index (χ0v) is 10.9. The van der Waals surface area contributed by atoms with Gasteiger partial charge in [-0.15, -0.1) is 0 Å². The van der Waals surface area contributed by atoms with Crippen LogP contribution in [0.3, 0.4) is 0 Å². The largest absolute Gasteiger partial charge is 0.395 e. The molecule has 96 valence electrons. The summed E-state index contributed by atoms with van der Waals surface area (Å²) in [6.45, 7) is 5.89. The van der Waals surface area contributed by atoms with Crippen molar-refractivity contribution in [2.24, 2.45) is 0 Å². The highest BCUT2D eigenvalue weighted by atomic mass is 16.3. The summed E-state index contributed by atoms with van der Waals surface area (Å²) in [6, 6.07) is 7.70. The third kappa shape index (κ3) is 2.11. The number of imidazole rings is 1. The third-order valence-corrected chi connectivity index (χ3v) is 3.24. The van der Waals surface area contributed by atoms with E-state index in [2.05, 4.69) is 4.98 Å². The normalized spacial score (nSPS) is 11.8. The highest BCUT2D eigenvalue weighted by Crippen LogP contribution is 2.24. The highest BCUT2D eigenvalue weighted by Gasteiger charge is 2.20. The van der Waals surface area contributed by atoms with Gasteiger partial charge in [0.25, 0.3) is 0 Å². The van der Waals surface area contributed by atoms with Crippen LogP contribution in [0, 0.1) is 6.92 Å². The number of aliphatic hydroxyl groups excluding tert-OH is 1. The van der Waals surface area contributed by atoms with E-state index in [-0.39, 0.29) is 17.7 Å². The summed E-state index contributed by atoms with van der Waals surface area (Å²) in [4.78, 5) is 14.4. The SMILES string of the molecule is Cc1c[nH]c(=O)n1-c1cccc(C(C)(C)CO)c1. The van der Waals surface area contributed by atoms with Gasteiger partial charge in [-0.25, -0.2) is 4.79 Å². The van der Waals surface area contributed by atoms with Crippen LogP contribution in [0.15, 0.2) is 35.3 Å². The zero-order valence-electron chi connectivity index (χ0n) is 10.9. The van der Waals surface area contributed by atoms with E-state index < -0.39 is 0 Å². The fourth-order valence-electron chi connectivity index (χ4n) is 1.93. The molecule has 0 amide bonds. The van der Waals surface area contributed by atoms with Gasteiger partial charge < -0.3 is 10.1 Å². The first-order valence-corrected chi connectivity index (χ1v) is 5.94. The van der Waals surface area contributed by atoms with Gasteiger partial charge in [0.05, 0.1) is 12.3 Å². The molecule has 0 aliphatic heterocycles. The average Bonchev–Trinajstić information content (AvgIpc) is 2.69. The van der Waals surface area contributed by atoms with E-state index in [1.54, 1.807) is 10.8 Å². The van der Waals surface area contributed by atoms with E-state index in [1.165, 1.54) is 0 Å². The van der Waals surface area contributed by atoms with Crippen molar-refractivity contribution in [3.8, 4) is 5.69 Å². The molecule has 0 spiro atoms. The van der Waals surface area contributed by atoms with Crippen LogP contribution >= 0.6 is 0 Å². The Hall–Kier alpha value is -1.81. The van der Waals surface area contributed by atoms with Gasteiger partial charge in [0, 0.05) is 17.3 Å². The van der Waals surface area contributed by atoms with Crippen molar-refractivity contribution in [2.45, 2.75) is 26.2 Å². The number of nitrogens with zero attached hydrogens (tertiary/aromatic N) is 1. The number of aromatic amines is 1. The molecule has 1 heterocycles. The molecule has 0 atom stereocenters. The number of benzene rings is 1. The van der Waals surface area contributed by atoms with E-state index in [0.29, 0.717) is 0 Å². The van der Waals surface area contributed by atoms with Crippen LogP contribution in [0.1, 0.15) is 25.1 Å². The average molecular weight is 246 g/mol. The summed E-state index contributed by atoms with van der Waals surface area (Å²) >= 11 is 0. The molecule has 18 heavy (non-hydrogen) atoms.